The number of rotatable bonds is 3. The first kappa shape index (κ1) is 21.9. The summed E-state index contributed by atoms with van der Waals surface area (Å²) in [6.45, 7) is 4.72. The van der Waals surface area contributed by atoms with E-state index in [1.807, 2.05) is 6.08 Å². The van der Waals surface area contributed by atoms with Gasteiger partial charge in [-0.05, 0) is 86.0 Å². The van der Waals surface area contributed by atoms with Crippen molar-refractivity contribution in [2.75, 3.05) is 6.26 Å². The quantitative estimate of drug-likeness (QED) is 0.543. The molecule has 1 aliphatic heterocycles. The molecule has 1 amide bonds. The molecule has 5 rings (SSSR count). The summed E-state index contributed by atoms with van der Waals surface area (Å²) in [5.74, 6) is 1.27. The van der Waals surface area contributed by atoms with E-state index in [-0.39, 0.29) is 33.6 Å². The molecule has 3 aliphatic carbocycles. The minimum atomic E-state index is -3.34. The number of fused-ring (bicyclic) bond motifs is 5. The maximum Gasteiger partial charge on any atom is 0.255 e. The maximum absolute atomic E-state index is 13.3. The molecule has 1 N–H and O–H groups in total. The van der Waals surface area contributed by atoms with Gasteiger partial charge in [-0.15, -0.1) is 0 Å². The van der Waals surface area contributed by atoms with Crippen molar-refractivity contribution in [3.05, 3.63) is 41.5 Å². The molecule has 6 atom stereocenters. The van der Waals surface area contributed by atoms with Crippen LogP contribution in [-0.4, -0.2) is 32.4 Å². The van der Waals surface area contributed by atoms with Gasteiger partial charge in [0.2, 0.25) is 0 Å². The van der Waals surface area contributed by atoms with Crippen LogP contribution in [0.3, 0.4) is 0 Å². The predicted molar refractivity (Wildman–Crippen MR) is 123 cm³/mol. The van der Waals surface area contributed by atoms with Gasteiger partial charge in [-0.25, -0.2) is 8.42 Å². The molecular weight excluding hydrogens is 422 g/mol. The highest BCUT2D eigenvalue weighted by Crippen LogP contribution is 2.63. The molecule has 1 heterocycles. The summed E-state index contributed by atoms with van der Waals surface area (Å²) in [4.78, 5) is 26.4. The Balaban J connectivity index is 1.48. The second-order valence-electron chi connectivity index (χ2n) is 11.1. The van der Waals surface area contributed by atoms with Crippen LogP contribution >= 0.6 is 0 Å². The summed E-state index contributed by atoms with van der Waals surface area (Å²) in [5.41, 5.74) is 0.793. The fraction of sp³-hybridized carbons (Fsp3) is 0.615. The molecule has 0 radical (unpaired) electrons. The van der Waals surface area contributed by atoms with Crippen LogP contribution in [0.25, 0.3) is 0 Å². The largest absolute Gasteiger partial charge is 0.348 e. The second-order valence-corrected chi connectivity index (χ2v) is 13.1. The third-order valence-corrected chi connectivity index (χ3v) is 10.5. The Morgan fingerprint density at radius 1 is 1.00 bits per heavy atom. The zero-order chi connectivity index (χ0) is 22.9. The Bertz CT molecular complexity index is 1110. The predicted octanol–water partition coefficient (Wildman–Crippen LogP) is 4.33. The Hall–Kier alpha value is -1.95. The average molecular weight is 456 g/mol. The molecule has 0 spiro atoms. The lowest BCUT2D eigenvalue weighted by Gasteiger charge is -2.58. The fourth-order valence-electron chi connectivity index (χ4n) is 7.61. The van der Waals surface area contributed by atoms with E-state index in [9.17, 15) is 18.0 Å². The van der Waals surface area contributed by atoms with Gasteiger partial charge in [0.1, 0.15) is 0 Å². The third kappa shape index (κ3) is 3.28. The molecule has 1 aromatic carbocycles. The van der Waals surface area contributed by atoms with E-state index in [1.165, 1.54) is 49.9 Å². The van der Waals surface area contributed by atoms with E-state index in [0.717, 1.165) is 31.4 Å². The van der Waals surface area contributed by atoms with Crippen LogP contribution in [0.1, 0.15) is 69.2 Å². The molecule has 3 saturated carbocycles. The van der Waals surface area contributed by atoms with Crippen LogP contribution in [-0.2, 0) is 14.6 Å². The summed E-state index contributed by atoms with van der Waals surface area (Å²) in [6, 6.07) is 5.97. The van der Waals surface area contributed by atoms with Gasteiger partial charge >= 0.3 is 0 Å². The van der Waals surface area contributed by atoms with E-state index in [2.05, 4.69) is 19.2 Å². The number of sulfone groups is 1. The molecule has 5 nitrogen and oxygen atoms in total. The molecule has 0 aromatic heterocycles. The molecule has 3 fully saturated rings. The summed E-state index contributed by atoms with van der Waals surface area (Å²) < 4.78 is 23.5. The molecule has 6 heteroatoms. The van der Waals surface area contributed by atoms with Crippen molar-refractivity contribution in [2.24, 2.45) is 28.6 Å². The standard InChI is InChI=1S/C26H33NO4S/c1-25-13-4-5-20(25)18-10-11-22-26(2,21(18)12-14-25)15-19(24(29)27-22)23(28)16-6-8-17(9-7-16)32(3,30)31/h6-9,15,18,20-22H,4-5,10-14H2,1-3H3,(H,27,29)/t18-,20-,21-,22+,25-,26+/m0/s1. The van der Waals surface area contributed by atoms with Crippen molar-refractivity contribution in [3.8, 4) is 0 Å². The minimum absolute atomic E-state index is 0.0752. The smallest absolute Gasteiger partial charge is 0.255 e. The number of nitrogens with one attached hydrogen (secondary N) is 1. The number of Topliss-reactive ketones (excluding diaryl/α,β-unsaturated/α-hetero) is 1. The SMILES string of the molecule is C[C@@]12CCC[C@H]1[C@@H]1CC[C@H]3NC(=O)C(C(=O)c4ccc(S(C)(=O)=O)cc4)=C[C@]3(C)[C@H]1CC2. The number of amides is 1. The molecular formula is C26H33NO4S. The van der Waals surface area contributed by atoms with Crippen LogP contribution in [0.2, 0.25) is 0 Å². The number of carbonyl (C=O) groups excluding carboxylic acids is 2. The summed E-state index contributed by atoms with van der Waals surface area (Å²) in [6.07, 6.45) is 11.6. The third-order valence-electron chi connectivity index (χ3n) is 9.35. The van der Waals surface area contributed by atoms with Gasteiger partial charge in [-0.1, -0.05) is 26.3 Å². The lowest BCUT2D eigenvalue weighted by atomic mass is 9.48. The van der Waals surface area contributed by atoms with Crippen LogP contribution in [0.15, 0.2) is 40.8 Å². The first-order chi connectivity index (χ1) is 15.0. The lowest BCUT2D eigenvalue weighted by Crippen LogP contribution is -2.60. The van der Waals surface area contributed by atoms with Gasteiger partial charge in [0.05, 0.1) is 10.5 Å². The summed E-state index contributed by atoms with van der Waals surface area (Å²) in [7, 11) is -3.34. The Kier molecular flexibility index (Phi) is 4.97. The van der Waals surface area contributed by atoms with Gasteiger partial charge in [0.25, 0.3) is 5.91 Å². The van der Waals surface area contributed by atoms with Gasteiger partial charge in [-0.2, -0.15) is 0 Å². The maximum atomic E-state index is 13.3. The molecule has 0 unspecified atom stereocenters. The van der Waals surface area contributed by atoms with Crippen molar-refractivity contribution in [1.82, 2.24) is 5.32 Å². The van der Waals surface area contributed by atoms with Crippen LogP contribution in [0.5, 0.6) is 0 Å². The van der Waals surface area contributed by atoms with E-state index >= 15 is 0 Å². The number of ketones is 1. The van der Waals surface area contributed by atoms with Gasteiger partial charge in [-0.3, -0.25) is 9.59 Å². The Labute approximate surface area is 191 Å². The number of benzene rings is 1. The molecule has 1 aromatic rings. The fourth-order valence-corrected chi connectivity index (χ4v) is 8.24. The zero-order valence-electron chi connectivity index (χ0n) is 19.2. The van der Waals surface area contributed by atoms with Gasteiger partial charge in [0.15, 0.2) is 15.6 Å². The van der Waals surface area contributed by atoms with Gasteiger partial charge in [0, 0.05) is 23.3 Å². The van der Waals surface area contributed by atoms with E-state index in [4.69, 9.17) is 0 Å². The normalized spacial score (nSPS) is 38.7. The Morgan fingerprint density at radius 3 is 2.41 bits per heavy atom. The van der Waals surface area contributed by atoms with Crippen LogP contribution < -0.4 is 5.32 Å². The number of hydrogen-bond donors (Lipinski definition) is 1. The molecule has 0 saturated heterocycles. The van der Waals surface area contributed by atoms with E-state index in [0.29, 0.717) is 22.8 Å². The molecule has 4 aliphatic rings. The van der Waals surface area contributed by atoms with Crippen molar-refractivity contribution >= 4 is 21.5 Å². The highest BCUT2D eigenvalue weighted by Gasteiger charge is 2.58. The monoisotopic (exact) mass is 455 g/mol. The van der Waals surface area contributed by atoms with Crippen molar-refractivity contribution in [3.63, 3.8) is 0 Å². The number of carbonyl (C=O) groups is 2. The van der Waals surface area contributed by atoms with Crippen LogP contribution in [0, 0.1) is 28.6 Å². The number of hydrogen-bond acceptors (Lipinski definition) is 4. The first-order valence-corrected chi connectivity index (χ1v) is 13.8. The summed E-state index contributed by atoms with van der Waals surface area (Å²) >= 11 is 0. The van der Waals surface area contributed by atoms with E-state index < -0.39 is 9.84 Å². The lowest BCUT2D eigenvalue weighted by molar-refractivity contribution is -0.122. The minimum Gasteiger partial charge on any atom is -0.348 e. The van der Waals surface area contributed by atoms with E-state index in [1.54, 1.807) is 0 Å². The first-order valence-electron chi connectivity index (χ1n) is 11.9. The molecule has 0 bridgehead atoms. The van der Waals surface area contributed by atoms with Crippen molar-refractivity contribution in [2.45, 2.75) is 69.7 Å². The van der Waals surface area contributed by atoms with Crippen molar-refractivity contribution < 1.29 is 18.0 Å². The summed E-state index contributed by atoms with van der Waals surface area (Å²) in [5, 5.41) is 3.17. The second kappa shape index (κ2) is 7.28. The highest BCUT2D eigenvalue weighted by molar-refractivity contribution is 7.90. The average Bonchev–Trinajstić information content (AvgIpc) is 3.14. The topological polar surface area (TPSA) is 80.3 Å². The Morgan fingerprint density at radius 2 is 1.72 bits per heavy atom. The van der Waals surface area contributed by atoms with Crippen molar-refractivity contribution in [1.29, 1.82) is 0 Å². The highest BCUT2D eigenvalue weighted by atomic mass is 32.2. The molecule has 172 valence electrons. The molecule has 32 heavy (non-hydrogen) atoms. The van der Waals surface area contributed by atoms with Gasteiger partial charge < -0.3 is 5.32 Å². The zero-order valence-corrected chi connectivity index (χ0v) is 20.0. The van der Waals surface area contributed by atoms with Crippen LogP contribution in [0.4, 0.5) is 0 Å².